The number of methoxy groups -OCH3 is 1. The van der Waals surface area contributed by atoms with Crippen LogP contribution in [0, 0.1) is 5.82 Å². The Morgan fingerprint density at radius 2 is 2.13 bits per heavy atom. The van der Waals surface area contributed by atoms with E-state index in [4.69, 9.17) is 16.3 Å². The zero-order valence-corrected chi connectivity index (χ0v) is 9.81. The highest BCUT2D eigenvalue weighted by Crippen LogP contribution is 2.26. The van der Waals surface area contributed by atoms with Crippen molar-refractivity contribution >= 4 is 11.6 Å². The maximum atomic E-state index is 13.1. The van der Waals surface area contributed by atoms with E-state index in [1.165, 1.54) is 12.1 Å². The molecule has 2 unspecified atom stereocenters. The molecule has 1 rings (SSSR count). The molecule has 0 aromatic heterocycles. The van der Waals surface area contributed by atoms with Crippen molar-refractivity contribution in [3.8, 4) is 0 Å². The number of benzene rings is 1. The first-order valence-electron chi connectivity index (χ1n) is 4.75. The first-order valence-corrected chi connectivity index (χ1v) is 5.13. The van der Waals surface area contributed by atoms with Gasteiger partial charge in [0.2, 0.25) is 0 Å². The van der Waals surface area contributed by atoms with Gasteiger partial charge in [0.1, 0.15) is 5.82 Å². The molecule has 0 aliphatic heterocycles. The molecule has 1 aromatic carbocycles. The van der Waals surface area contributed by atoms with Crippen LogP contribution in [-0.4, -0.2) is 20.3 Å². The van der Waals surface area contributed by atoms with E-state index in [2.05, 4.69) is 5.32 Å². The predicted molar refractivity (Wildman–Crippen MR) is 59.7 cm³/mol. The molecule has 0 amide bonds. The Bertz CT molecular complexity index is 332. The summed E-state index contributed by atoms with van der Waals surface area (Å²) < 4.78 is 18.3. The second kappa shape index (κ2) is 5.45. The van der Waals surface area contributed by atoms with Gasteiger partial charge in [0.05, 0.1) is 12.1 Å². The van der Waals surface area contributed by atoms with E-state index in [0.29, 0.717) is 10.6 Å². The van der Waals surface area contributed by atoms with Crippen molar-refractivity contribution in [1.29, 1.82) is 0 Å². The lowest BCUT2D eigenvalue weighted by Crippen LogP contribution is -2.29. The van der Waals surface area contributed by atoms with Crippen molar-refractivity contribution in [3.63, 3.8) is 0 Å². The molecule has 2 atom stereocenters. The first-order chi connectivity index (χ1) is 7.10. The Morgan fingerprint density at radius 3 is 2.67 bits per heavy atom. The predicted octanol–water partition coefficient (Wildman–Crippen LogP) is 2.77. The van der Waals surface area contributed by atoms with E-state index >= 15 is 0 Å². The second-order valence-electron chi connectivity index (χ2n) is 3.37. The van der Waals surface area contributed by atoms with Crippen LogP contribution >= 0.6 is 11.6 Å². The average Bonchev–Trinajstić information content (AvgIpc) is 2.23. The zero-order chi connectivity index (χ0) is 11.4. The fraction of sp³-hybridized carbons (Fsp3) is 0.455. The molecule has 1 N–H and O–H groups in total. The molecule has 0 radical (unpaired) electrons. The second-order valence-corrected chi connectivity index (χ2v) is 3.78. The number of rotatable bonds is 4. The molecule has 0 saturated carbocycles. The molecule has 4 heteroatoms. The topological polar surface area (TPSA) is 21.3 Å². The number of hydrogen-bond acceptors (Lipinski definition) is 2. The molecule has 84 valence electrons. The van der Waals surface area contributed by atoms with Crippen LogP contribution in [0.1, 0.15) is 18.5 Å². The highest BCUT2D eigenvalue weighted by atomic mass is 35.5. The van der Waals surface area contributed by atoms with E-state index in [9.17, 15) is 4.39 Å². The smallest absolute Gasteiger partial charge is 0.123 e. The average molecular weight is 232 g/mol. The molecule has 0 fully saturated rings. The van der Waals surface area contributed by atoms with Crippen molar-refractivity contribution in [2.75, 3.05) is 14.2 Å². The van der Waals surface area contributed by atoms with Crippen molar-refractivity contribution in [2.24, 2.45) is 0 Å². The third-order valence-corrected chi connectivity index (χ3v) is 2.79. The Labute approximate surface area is 94.4 Å². The Kier molecular flexibility index (Phi) is 4.51. The normalized spacial score (nSPS) is 15.0. The van der Waals surface area contributed by atoms with E-state index in [1.807, 2.05) is 6.92 Å². The third kappa shape index (κ3) is 2.91. The zero-order valence-electron chi connectivity index (χ0n) is 9.05. The van der Waals surface area contributed by atoms with Gasteiger partial charge in [-0.2, -0.15) is 0 Å². The highest BCUT2D eigenvalue weighted by Gasteiger charge is 2.20. The first kappa shape index (κ1) is 12.4. The van der Waals surface area contributed by atoms with Crippen LogP contribution in [0.25, 0.3) is 0 Å². The monoisotopic (exact) mass is 231 g/mol. The summed E-state index contributed by atoms with van der Waals surface area (Å²) in [6, 6.07) is 4.21. The van der Waals surface area contributed by atoms with E-state index < -0.39 is 0 Å². The quantitative estimate of drug-likeness (QED) is 0.861. The number of hydrogen-bond donors (Lipinski definition) is 1. The van der Waals surface area contributed by atoms with E-state index in [1.54, 1.807) is 20.2 Å². The van der Waals surface area contributed by atoms with Gasteiger partial charge in [-0.05, 0) is 37.7 Å². The number of halogens is 2. The minimum absolute atomic E-state index is 0.0747. The molecule has 0 spiro atoms. The van der Waals surface area contributed by atoms with Crippen LogP contribution in [0.4, 0.5) is 4.39 Å². The number of nitrogens with one attached hydrogen (secondary N) is 1. The molecule has 2 nitrogen and oxygen atoms in total. The van der Waals surface area contributed by atoms with Gasteiger partial charge in [-0.15, -0.1) is 0 Å². The van der Waals surface area contributed by atoms with Crippen LogP contribution in [0.15, 0.2) is 18.2 Å². The molecular weight excluding hydrogens is 217 g/mol. The van der Waals surface area contributed by atoms with Crippen LogP contribution in [0.2, 0.25) is 5.02 Å². The summed E-state index contributed by atoms with van der Waals surface area (Å²) in [5.74, 6) is -0.294. The van der Waals surface area contributed by atoms with Crippen LogP contribution in [0.3, 0.4) is 0 Å². The maximum absolute atomic E-state index is 13.1. The lowest BCUT2D eigenvalue weighted by Gasteiger charge is -2.23. The van der Waals surface area contributed by atoms with Crippen molar-refractivity contribution in [3.05, 3.63) is 34.6 Å². The maximum Gasteiger partial charge on any atom is 0.123 e. The summed E-state index contributed by atoms with van der Waals surface area (Å²) in [7, 11) is 3.41. The number of ether oxygens (including phenoxy) is 1. The van der Waals surface area contributed by atoms with Crippen molar-refractivity contribution < 1.29 is 9.13 Å². The summed E-state index contributed by atoms with van der Waals surface area (Å²) in [5.41, 5.74) is 0.716. The summed E-state index contributed by atoms with van der Waals surface area (Å²) in [6.07, 6.45) is -0.0747. The largest absolute Gasteiger partial charge is 0.380 e. The fourth-order valence-corrected chi connectivity index (χ4v) is 1.77. The highest BCUT2D eigenvalue weighted by molar-refractivity contribution is 6.31. The lowest BCUT2D eigenvalue weighted by atomic mass is 10.0. The van der Waals surface area contributed by atoms with Gasteiger partial charge >= 0.3 is 0 Å². The van der Waals surface area contributed by atoms with Crippen LogP contribution in [0.5, 0.6) is 0 Å². The fourth-order valence-electron chi connectivity index (χ4n) is 1.53. The lowest BCUT2D eigenvalue weighted by molar-refractivity contribution is 0.0856. The number of likely N-dealkylation sites (N-methyl/N-ethyl adjacent to an activating group) is 1. The molecule has 0 heterocycles. The standard InChI is InChI=1S/C11H15ClFNO/c1-7(15-3)11(14-2)9-6-8(13)4-5-10(9)12/h4-7,11,14H,1-3H3. The minimum Gasteiger partial charge on any atom is -0.380 e. The molecule has 0 aliphatic carbocycles. The van der Waals surface area contributed by atoms with Crippen LogP contribution < -0.4 is 5.32 Å². The van der Waals surface area contributed by atoms with Gasteiger partial charge in [0.15, 0.2) is 0 Å². The van der Waals surface area contributed by atoms with Crippen molar-refractivity contribution in [2.45, 2.75) is 19.1 Å². The van der Waals surface area contributed by atoms with Gasteiger partial charge in [-0.1, -0.05) is 11.6 Å². The Morgan fingerprint density at radius 1 is 1.47 bits per heavy atom. The summed E-state index contributed by atoms with van der Waals surface area (Å²) in [6.45, 7) is 1.91. The third-order valence-electron chi connectivity index (χ3n) is 2.45. The van der Waals surface area contributed by atoms with E-state index in [-0.39, 0.29) is 18.0 Å². The van der Waals surface area contributed by atoms with Gasteiger partial charge in [-0.25, -0.2) is 4.39 Å². The van der Waals surface area contributed by atoms with Gasteiger partial charge in [0, 0.05) is 12.1 Å². The van der Waals surface area contributed by atoms with Crippen LogP contribution in [-0.2, 0) is 4.74 Å². The SMILES string of the molecule is CNC(c1cc(F)ccc1Cl)C(C)OC. The Hall–Kier alpha value is -0.640. The molecule has 0 saturated heterocycles. The summed E-state index contributed by atoms with van der Waals surface area (Å²) in [5, 5.41) is 3.60. The summed E-state index contributed by atoms with van der Waals surface area (Å²) >= 11 is 6.01. The van der Waals surface area contributed by atoms with E-state index in [0.717, 1.165) is 0 Å². The van der Waals surface area contributed by atoms with Gasteiger partial charge < -0.3 is 10.1 Å². The van der Waals surface area contributed by atoms with Crippen molar-refractivity contribution in [1.82, 2.24) is 5.32 Å². The molecule has 0 aliphatic rings. The molecule has 0 bridgehead atoms. The molecular formula is C11H15ClFNO. The van der Waals surface area contributed by atoms with Gasteiger partial charge in [0.25, 0.3) is 0 Å². The minimum atomic E-state index is -0.294. The molecule has 1 aromatic rings. The van der Waals surface area contributed by atoms with Gasteiger partial charge in [-0.3, -0.25) is 0 Å². The molecule has 15 heavy (non-hydrogen) atoms. The Balaban J connectivity index is 3.05. The summed E-state index contributed by atoms with van der Waals surface area (Å²) in [4.78, 5) is 0.